The van der Waals surface area contributed by atoms with Gasteiger partial charge < -0.3 is 10.2 Å². The molecule has 1 aliphatic heterocycles. The molecular weight excluding hydrogens is 300 g/mol. The van der Waals surface area contributed by atoms with Crippen molar-refractivity contribution in [2.24, 2.45) is 10.8 Å². The largest absolute Gasteiger partial charge is 0.345 e. The van der Waals surface area contributed by atoms with Crippen molar-refractivity contribution in [1.29, 1.82) is 0 Å². The number of thiocarbonyl (C=S) groups is 1. The lowest BCUT2D eigenvalue weighted by Gasteiger charge is -2.39. The van der Waals surface area contributed by atoms with Crippen molar-refractivity contribution in [3.05, 3.63) is 29.3 Å². The van der Waals surface area contributed by atoms with Crippen LogP contribution in [0.5, 0.6) is 0 Å². The fourth-order valence-corrected chi connectivity index (χ4v) is 4.95. The first-order valence-electron chi connectivity index (χ1n) is 7.60. The summed E-state index contributed by atoms with van der Waals surface area (Å²) in [5.74, 6) is 0. The molecule has 21 heavy (non-hydrogen) atoms. The van der Waals surface area contributed by atoms with Crippen LogP contribution in [0.15, 0.2) is 24.3 Å². The highest BCUT2D eigenvalue weighted by molar-refractivity contribution is 7.80. The number of para-hydroxylation sites is 1. The van der Waals surface area contributed by atoms with Gasteiger partial charge in [0.2, 0.25) is 0 Å². The fourth-order valence-electron chi connectivity index (χ4n) is 4.45. The molecule has 4 heteroatoms. The number of nitrogens with zero attached hydrogens (tertiary/aromatic N) is 1. The van der Waals surface area contributed by atoms with Crippen molar-refractivity contribution in [2.45, 2.75) is 46.1 Å². The Morgan fingerprint density at radius 2 is 2.00 bits per heavy atom. The van der Waals surface area contributed by atoms with Crippen LogP contribution in [0.1, 0.15) is 40.0 Å². The van der Waals surface area contributed by atoms with E-state index in [-0.39, 0.29) is 0 Å². The summed E-state index contributed by atoms with van der Waals surface area (Å²) in [5, 5.41) is 4.87. The highest BCUT2D eigenvalue weighted by Gasteiger charge is 2.50. The molecule has 2 nitrogen and oxygen atoms in total. The Bertz CT molecular complexity index is 572. The van der Waals surface area contributed by atoms with Gasteiger partial charge in [-0.15, -0.1) is 0 Å². The lowest BCUT2D eigenvalue weighted by Crippen LogP contribution is -2.40. The zero-order valence-electron chi connectivity index (χ0n) is 12.9. The summed E-state index contributed by atoms with van der Waals surface area (Å²) in [4.78, 5) is 2.38. The first-order valence-corrected chi connectivity index (χ1v) is 8.39. The number of fused-ring (bicyclic) bond motifs is 2. The van der Waals surface area contributed by atoms with E-state index in [1.54, 1.807) is 0 Å². The van der Waals surface area contributed by atoms with Crippen LogP contribution in [0, 0.1) is 10.8 Å². The lowest BCUT2D eigenvalue weighted by atomic mass is 9.65. The fraction of sp³-hybridized carbons (Fsp3) is 0.588. The number of likely N-dealkylation sites (tertiary alicyclic amines) is 1. The second-order valence-corrected chi connectivity index (χ2v) is 8.55. The number of hydrogen-bond donors (Lipinski definition) is 1. The van der Waals surface area contributed by atoms with Crippen molar-refractivity contribution < 1.29 is 0 Å². The van der Waals surface area contributed by atoms with Crippen LogP contribution >= 0.6 is 23.8 Å². The van der Waals surface area contributed by atoms with Gasteiger partial charge in [-0.25, -0.2) is 0 Å². The van der Waals surface area contributed by atoms with Gasteiger partial charge in [0.05, 0.1) is 10.7 Å². The molecule has 0 amide bonds. The molecule has 2 aliphatic rings. The third kappa shape index (κ3) is 3.04. The van der Waals surface area contributed by atoms with E-state index < -0.39 is 0 Å². The summed E-state index contributed by atoms with van der Waals surface area (Å²) in [6.45, 7) is 8.22. The maximum Gasteiger partial charge on any atom is 0.173 e. The monoisotopic (exact) mass is 322 g/mol. The van der Waals surface area contributed by atoms with Crippen molar-refractivity contribution in [3.8, 4) is 0 Å². The molecule has 1 saturated heterocycles. The molecule has 1 aromatic rings. The molecule has 2 bridgehead atoms. The van der Waals surface area contributed by atoms with Crippen LogP contribution in [-0.2, 0) is 0 Å². The molecule has 1 aromatic carbocycles. The Balaban J connectivity index is 1.76. The zero-order valence-corrected chi connectivity index (χ0v) is 14.5. The van der Waals surface area contributed by atoms with Crippen molar-refractivity contribution in [2.75, 3.05) is 11.9 Å². The van der Waals surface area contributed by atoms with Gasteiger partial charge >= 0.3 is 0 Å². The van der Waals surface area contributed by atoms with E-state index in [4.69, 9.17) is 23.8 Å². The van der Waals surface area contributed by atoms with Crippen LogP contribution in [0.25, 0.3) is 0 Å². The molecule has 3 rings (SSSR count). The minimum Gasteiger partial charge on any atom is -0.345 e. The first kappa shape index (κ1) is 15.1. The van der Waals surface area contributed by atoms with Gasteiger partial charge in [0.1, 0.15) is 0 Å². The summed E-state index contributed by atoms with van der Waals surface area (Å²) in [6, 6.07) is 8.33. The van der Waals surface area contributed by atoms with E-state index in [2.05, 4.69) is 31.0 Å². The smallest absolute Gasteiger partial charge is 0.173 e. The number of nitrogens with one attached hydrogen (secondary N) is 1. The molecule has 1 aliphatic carbocycles. The highest BCUT2D eigenvalue weighted by atomic mass is 35.5. The van der Waals surface area contributed by atoms with E-state index in [0.29, 0.717) is 21.9 Å². The molecule has 2 fully saturated rings. The zero-order chi connectivity index (χ0) is 15.3. The molecular formula is C17H23ClN2S. The number of halogens is 1. The minimum atomic E-state index is 0.388. The Morgan fingerprint density at radius 1 is 1.29 bits per heavy atom. The van der Waals surface area contributed by atoms with Crippen LogP contribution in [0.3, 0.4) is 0 Å². The molecule has 114 valence electrons. The van der Waals surface area contributed by atoms with Crippen molar-refractivity contribution in [3.63, 3.8) is 0 Å². The number of anilines is 1. The third-order valence-corrected chi connectivity index (χ3v) is 5.46. The topological polar surface area (TPSA) is 15.3 Å². The van der Waals surface area contributed by atoms with Gasteiger partial charge in [-0.05, 0) is 54.4 Å². The predicted molar refractivity (Wildman–Crippen MR) is 93.9 cm³/mol. The molecule has 1 heterocycles. The van der Waals surface area contributed by atoms with E-state index in [1.165, 1.54) is 19.3 Å². The summed E-state index contributed by atoms with van der Waals surface area (Å²) >= 11 is 11.9. The van der Waals surface area contributed by atoms with Gasteiger partial charge in [0.25, 0.3) is 0 Å². The maximum absolute atomic E-state index is 6.22. The first-order chi connectivity index (χ1) is 9.78. The SMILES string of the molecule is CC1(C)C[C@H]2C[C@@](C)(CN2C(=S)Nc2ccccc2Cl)C1. The molecule has 0 unspecified atom stereocenters. The second kappa shape index (κ2) is 5.13. The molecule has 1 saturated carbocycles. The van der Waals surface area contributed by atoms with Crippen LogP contribution in [0.4, 0.5) is 5.69 Å². The number of benzene rings is 1. The quantitative estimate of drug-likeness (QED) is 0.737. The van der Waals surface area contributed by atoms with Gasteiger partial charge in [-0.1, -0.05) is 44.5 Å². The van der Waals surface area contributed by atoms with E-state index >= 15 is 0 Å². The Kier molecular flexibility index (Phi) is 3.69. The summed E-state index contributed by atoms with van der Waals surface area (Å²) < 4.78 is 0. The molecule has 0 aromatic heterocycles. The predicted octanol–water partition coefficient (Wildman–Crippen LogP) is 4.94. The molecule has 2 atom stereocenters. The maximum atomic E-state index is 6.22. The van der Waals surface area contributed by atoms with E-state index in [1.807, 2.05) is 24.3 Å². The number of hydrogen-bond acceptors (Lipinski definition) is 1. The molecule has 0 spiro atoms. The molecule has 0 radical (unpaired) electrons. The van der Waals surface area contributed by atoms with Crippen molar-refractivity contribution >= 4 is 34.6 Å². The number of rotatable bonds is 1. The molecule has 1 N–H and O–H groups in total. The van der Waals surface area contributed by atoms with Crippen LogP contribution in [-0.4, -0.2) is 22.6 Å². The summed E-state index contributed by atoms with van der Waals surface area (Å²) in [6.07, 6.45) is 3.75. The van der Waals surface area contributed by atoms with Crippen molar-refractivity contribution in [1.82, 2.24) is 4.90 Å². The Morgan fingerprint density at radius 3 is 2.71 bits per heavy atom. The lowest BCUT2D eigenvalue weighted by molar-refractivity contribution is 0.132. The average molecular weight is 323 g/mol. The van der Waals surface area contributed by atoms with E-state index in [9.17, 15) is 0 Å². The van der Waals surface area contributed by atoms with Gasteiger partial charge in [0.15, 0.2) is 5.11 Å². The summed E-state index contributed by atoms with van der Waals surface area (Å²) in [7, 11) is 0. The normalized spacial score (nSPS) is 30.3. The highest BCUT2D eigenvalue weighted by Crippen LogP contribution is 2.52. The second-order valence-electron chi connectivity index (χ2n) is 7.75. The Labute approximate surface area is 137 Å². The average Bonchev–Trinajstić information content (AvgIpc) is 2.61. The van der Waals surface area contributed by atoms with Crippen LogP contribution < -0.4 is 5.32 Å². The van der Waals surface area contributed by atoms with Crippen LogP contribution in [0.2, 0.25) is 5.02 Å². The Hall–Kier alpha value is -0.800. The van der Waals surface area contributed by atoms with Gasteiger partial charge in [-0.2, -0.15) is 0 Å². The van der Waals surface area contributed by atoms with Gasteiger partial charge in [0, 0.05) is 12.6 Å². The van der Waals surface area contributed by atoms with E-state index in [0.717, 1.165) is 17.3 Å². The van der Waals surface area contributed by atoms with Gasteiger partial charge in [-0.3, -0.25) is 0 Å². The third-order valence-electron chi connectivity index (χ3n) is 4.79. The summed E-state index contributed by atoms with van der Waals surface area (Å²) in [5.41, 5.74) is 1.69. The standard InChI is InChI=1S/C17H23ClN2S/c1-16(2)8-12-9-17(3,10-16)11-20(12)15(21)19-14-7-5-4-6-13(14)18/h4-7,12H,8-11H2,1-3H3,(H,19,21)/t12-,17+/m0/s1. The minimum absolute atomic E-state index is 0.388.